The minimum Gasteiger partial charge on any atom is -0.478 e. The van der Waals surface area contributed by atoms with Crippen LogP contribution in [0.1, 0.15) is 34.1 Å². The number of benzene rings is 1. The van der Waals surface area contributed by atoms with Crippen molar-refractivity contribution in [1.82, 2.24) is 0 Å². The summed E-state index contributed by atoms with van der Waals surface area (Å²) in [4.78, 5) is 44.1. The third kappa shape index (κ3) is 3.51. The minimum atomic E-state index is -1.30. The first-order chi connectivity index (χ1) is 8.41. The maximum absolute atomic E-state index is 11.5. The molecule has 1 aromatic rings. The molecule has 1 aromatic carbocycles. The topological polar surface area (TPSA) is 97.7 Å². The smallest absolute Gasteiger partial charge is 0.346 e. The lowest BCUT2D eigenvalue weighted by Crippen LogP contribution is -2.17. The molecular formula is C12H10O6. The normalized spacial score (nSPS) is 9.61. The highest BCUT2D eigenvalue weighted by Gasteiger charge is 2.20. The first kappa shape index (κ1) is 13.6. The lowest BCUT2D eigenvalue weighted by molar-refractivity contribution is -0.140. The van der Waals surface area contributed by atoms with Crippen molar-refractivity contribution < 1.29 is 29.0 Å². The Bertz CT molecular complexity index is 517. The third-order valence-electron chi connectivity index (χ3n) is 1.98. The highest BCUT2D eigenvalue weighted by Crippen LogP contribution is 2.10. The second-order valence-electron chi connectivity index (χ2n) is 3.49. The quantitative estimate of drug-likeness (QED) is 0.633. The van der Waals surface area contributed by atoms with Crippen LogP contribution in [-0.4, -0.2) is 28.8 Å². The number of aromatic carboxylic acids is 1. The van der Waals surface area contributed by atoms with Gasteiger partial charge in [-0.05, 0) is 19.1 Å². The Morgan fingerprint density at radius 3 is 2.17 bits per heavy atom. The van der Waals surface area contributed by atoms with E-state index in [4.69, 9.17) is 5.11 Å². The Morgan fingerprint density at radius 2 is 1.67 bits per heavy atom. The van der Waals surface area contributed by atoms with Crippen LogP contribution in [0.5, 0.6) is 0 Å². The number of hydrogen-bond acceptors (Lipinski definition) is 5. The fourth-order valence-corrected chi connectivity index (χ4v) is 1.25. The van der Waals surface area contributed by atoms with Crippen LogP contribution in [0.2, 0.25) is 0 Å². The summed E-state index contributed by atoms with van der Waals surface area (Å²) in [6, 6.07) is 5.33. The Labute approximate surface area is 102 Å². The van der Waals surface area contributed by atoms with Gasteiger partial charge in [0.2, 0.25) is 0 Å². The van der Waals surface area contributed by atoms with Crippen molar-refractivity contribution in [3.63, 3.8) is 0 Å². The van der Waals surface area contributed by atoms with Gasteiger partial charge in [0.25, 0.3) is 0 Å². The standard InChI is InChI=1S/C12H10O6/c1-7(13)6-10(14)18-12(17)9-5-3-2-4-8(9)11(15)16/h2-5H,6H2,1H3,(H,15,16). The van der Waals surface area contributed by atoms with Crippen LogP contribution >= 0.6 is 0 Å². The molecule has 0 atom stereocenters. The number of ketones is 1. The van der Waals surface area contributed by atoms with Crippen LogP contribution in [0.3, 0.4) is 0 Å². The number of hydrogen-bond donors (Lipinski definition) is 1. The van der Waals surface area contributed by atoms with Gasteiger partial charge in [0.05, 0.1) is 11.1 Å². The van der Waals surface area contributed by atoms with Crippen LogP contribution < -0.4 is 0 Å². The van der Waals surface area contributed by atoms with Gasteiger partial charge in [-0.2, -0.15) is 0 Å². The molecule has 0 aliphatic rings. The molecule has 0 fully saturated rings. The van der Waals surface area contributed by atoms with E-state index in [1.54, 1.807) is 0 Å². The van der Waals surface area contributed by atoms with Gasteiger partial charge in [-0.3, -0.25) is 9.59 Å². The molecule has 1 rings (SSSR count). The van der Waals surface area contributed by atoms with Crippen molar-refractivity contribution in [2.45, 2.75) is 13.3 Å². The monoisotopic (exact) mass is 250 g/mol. The van der Waals surface area contributed by atoms with Gasteiger partial charge in [0.1, 0.15) is 12.2 Å². The van der Waals surface area contributed by atoms with Gasteiger partial charge in [-0.15, -0.1) is 0 Å². The first-order valence-electron chi connectivity index (χ1n) is 4.98. The summed E-state index contributed by atoms with van der Waals surface area (Å²) in [6.07, 6.45) is -0.527. The lowest BCUT2D eigenvalue weighted by atomic mass is 10.1. The van der Waals surface area contributed by atoms with Crippen LogP contribution in [0.4, 0.5) is 0 Å². The zero-order valence-corrected chi connectivity index (χ0v) is 9.50. The van der Waals surface area contributed by atoms with E-state index in [0.717, 1.165) is 0 Å². The number of carbonyl (C=O) groups is 4. The predicted molar refractivity (Wildman–Crippen MR) is 59.1 cm³/mol. The number of carboxylic acids is 1. The van der Waals surface area contributed by atoms with Gasteiger partial charge in [0.15, 0.2) is 0 Å². The number of carboxylic acid groups (broad SMARTS) is 1. The summed E-state index contributed by atoms with van der Waals surface area (Å²) in [5.41, 5.74) is -0.500. The third-order valence-corrected chi connectivity index (χ3v) is 1.98. The average Bonchev–Trinajstić information content (AvgIpc) is 2.27. The second kappa shape index (κ2) is 5.72. The Balaban J connectivity index is 2.88. The largest absolute Gasteiger partial charge is 0.478 e. The van der Waals surface area contributed by atoms with Crippen molar-refractivity contribution >= 4 is 23.7 Å². The van der Waals surface area contributed by atoms with Gasteiger partial charge in [-0.25, -0.2) is 9.59 Å². The van der Waals surface area contributed by atoms with Gasteiger partial charge >= 0.3 is 17.9 Å². The van der Waals surface area contributed by atoms with Crippen molar-refractivity contribution in [3.05, 3.63) is 35.4 Å². The van der Waals surface area contributed by atoms with Crippen LogP contribution in [0, 0.1) is 0 Å². The molecule has 0 unspecified atom stereocenters. The highest BCUT2D eigenvalue weighted by atomic mass is 16.6. The van der Waals surface area contributed by atoms with Gasteiger partial charge in [-0.1, -0.05) is 12.1 Å². The summed E-state index contributed by atoms with van der Waals surface area (Å²) in [7, 11) is 0. The lowest BCUT2D eigenvalue weighted by Gasteiger charge is -2.04. The molecule has 94 valence electrons. The molecule has 0 aromatic heterocycles. The Morgan fingerprint density at radius 1 is 1.11 bits per heavy atom. The molecule has 18 heavy (non-hydrogen) atoms. The summed E-state index contributed by atoms with van der Waals surface area (Å²) in [6.45, 7) is 1.18. The number of Topliss-reactive ketones (excluding diaryl/α,β-unsaturated/α-hetero) is 1. The molecule has 0 saturated carbocycles. The fraction of sp³-hybridized carbons (Fsp3) is 0.167. The van der Waals surface area contributed by atoms with Crippen molar-refractivity contribution in [1.29, 1.82) is 0 Å². The van der Waals surface area contributed by atoms with E-state index in [9.17, 15) is 19.2 Å². The fourth-order valence-electron chi connectivity index (χ4n) is 1.25. The van der Waals surface area contributed by atoms with Crippen molar-refractivity contribution in [3.8, 4) is 0 Å². The molecule has 0 saturated heterocycles. The van der Waals surface area contributed by atoms with Gasteiger partial charge < -0.3 is 9.84 Å². The Hall–Kier alpha value is -2.50. The van der Waals surface area contributed by atoms with E-state index in [2.05, 4.69) is 4.74 Å². The minimum absolute atomic E-state index is 0.234. The molecule has 1 N–H and O–H groups in total. The molecule has 0 radical (unpaired) electrons. The van der Waals surface area contributed by atoms with E-state index in [-0.39, 0.29) is 11.1 Å². The first-order valence-corrected chi connectivity index (χ1v) is 4.98. The number of ether oxygens (including phenoxy) is 1. The van der Waals surface area contributed by atoms with Crippen molar-refractivity contribution in [2.24, 2.45) is 0 Å². The molecule has 0 aliphatic heterocycles. The molecule has 0 bridgehead atoms. The molecular weight excluding hydrogens is 240 g/mol. The van der Waals surface area contributed by atoms with E-state index in [1.165, 1.54) is 31.2 Å². The van der Waals surface area contributed by atoms with Crippen LogP contribution in [0.25, 0.3) is 0 Å². The molecule has 6 heteroatoms. The summed E-state index contributed by atoms with van der Waals surface area (Å²) < 4.78 is 4.38. The highest BCUT2D eigenvalue weighted by molar-refractivity contribution is 6.07. The van der Waals surface area contributed by atoms with Crippen LogP contribution in [-0.2, 0) is 14.3 Å². The summed E-state index contributed by atoms with van der Waals surface area (Å²) in [5, 5.41) is 8.85. The second-order valence-corrected chi connectivity index (χ2v) is 3.49. The number of rotatable bonds is 4. The zero-order chi connectivity index (χ0) is 13.7. The molecule has 0 spiro atoms. The predicted octanol–water partition coefficient (Wildman–Crippen LogP) is 1.05. The van der Waals surface area contributed by atoms with Gasteiger partial charge in [0, 0.05) is 0 Å². The Kier molecular flexibility index (Phi) is 4.31. The molecule has 0 amide bonds. The summed E-state index contributed by atoms with van der Waals surface area (Å²) >= 11 is 0. The van der Waals surface area contributed by atoms with Crippen LogP contribution in [0.15, 0.2) is 24.3 Å². The summed E-state index contributed by atoms with van der Waals surface area (Å²) in [5.74, 6) is -3.84. The van der Waals surface area contributed by atoms with Crippen molar-refractivity contribution in [2.75, 3.05) is 0 Å². The van der Waals surface area contributed by atoms with E-state index in [0.29, 0.717) is 0 Å². The maximum atomic E-state index is 11.5. The van der Waals surface area contributed by atoms with E-state index >= 15 is 0 Å². The average molecular weight is 250 g/mol. The molecule has 6 nitrogen and oxygen atoms in total. The SMILES string of the molecule is CC(=O)CC(=O)OC(=O)c1ccccc1C(=O)O. The number of esters is 2. The van der Waals surface area contributed by atoms with E-state index < -0.39 is 30.1 Å². The zero-order valence-electron chi connectivity index (χ0n) is 9.50. The number of carbonyl (C=O) groups excluding carboxylic acids is 3. The maximum Gasteiger partial charge on any atom is 0.346 e. The molecule has 0 aliphatic carbocycles. The molecule has 0 heterocycles. The van der Waals surface area contributed by atoms with E-state index in [1.807, 2.05) is 0 Å².